The second kappa shape index (κ2) is 7.11. The van der Waals surface area contributed by atoms with E-state index in [1.807, 2.05) is 53.1 Å². The lowest BCUT2D eigenvalue weighted by molar-refractivity contribution is -0.133. The zero-order valence-corrected chi connectivity index (χ0v) is 15.0. The molecule has 136 valence electrons. The molecule has 2 aromatic carbocycles. The van der Waals surface area contributed by atoms with E-state index in [4.69, 9.17) is 0 Å². The van der Waals surface area contributed by atoms with Crippen LogP contribution in [0, 0.1) is 0 Å². The fourth-order valence-corrected chi connectivity index (χ4v) is 3.52. The highest BCUT2D eigenvalue weighted by Crippen LogP contribution is 2.28. The molecule has 1 aromatic heterocycles. The number of fused-ring (bicyclic) bond motifs is 1. The second-order valence-electron chi connectivity index (χ2n) is 6.75. The summed E-state index contributed by atoms with van der Waals surface area (Å²) in [5.74, 6) is -0.146. The Labute approximate surface area is 157 Å². The molecule has 0 radical (unpaired) electrons. The van der Waals surface area contributed by atoms with E-state index in [0.717, 1.165) is 22.2 Å². The number of carbonyl (C=O) groups is 2. The van der Waals surface area contributed by atoms with Crippen LogP contribution in [0.3, 0.4) is 0 Å². The van der Waals surface area contributed by atoms with Crippen LogP contribution in [-0.2, 0) is 16.1 Å². The van der Waals surface area contributed by atoms with Crippen molar-refractivity contribution in [3.63, 3.8) is 0 Å². The third-order valence-electron chi connectivity index (χ3n) is 4.91. The predicted molar refractivity (Wildman–Crippen MR) is 106 cm³/mol. The molecule has 0 spiro atoms. The zero-order valence-electron chi connectivity index (χ0n) is 15.0. The maximum absolute atomic E-state index is 12.6. The number of benzene rings is 2. The highest BCUT2D eigenvalue weighted by molar-refractivity contribution is 5.90. The van der Waals surface area contributed by atoms with Gasteiger partial charge in [-0.1, -0.05) is 55.1 Å². The minimum absolute atomic E-state index is 0.00315. The van der Waals surface area contributed by atoms with Crippen LogP contribution in [0.2, 0.25) is 0 Å². The molecule has 2 amide bonds. The Bertz CT molecular complexity index is 1000. The van der Waals surface area contributed by atoms with E-state index >= 15 is 0 Å². The molecule has 1 aliphatic heterocycles. The van der Waals surface area contributed by atoms with Crippen molar-refractivity contribution >= 4 is 22.7 Å². The third-order valence-corrected chi connectivity index (χ3v) is 4.91. The van der Waals surface area contributed by atoms with Gasteiger partial charge in [0.25, 0.3) is 0 Å². The Kier molecular flexibility index (Phi) is 4.50. The molecule has 5 heteroatoms. The van der Waals surface area contributed by atoms with Crippen LogP contribution < -0.4 is 5.32 Å². The standard InChI is InChI=1S/C22H21N3O2/c1-2-22(27)24-13-18(14-24)23-21(26)15-25-19-11-7-6-10-17(19)12-20(25)16-8-4-3-5-9-16/h2-12,18H,1,13-15H2,(H,23,26). The molecule has 0 bridgehead atoms. The first-order chi connectivity index (χ1) is 13.2. The monoisotopic (exact) mass is 359 g/mol. The predicted octanol–water partition coefficient (Wildman–Crippen LogP) is 2.82. The molecule has 4 rings (SSSR count). The number of amides is 2. The number of likely N-dealkylation sites (tertiary alicyclic amines) is 1. The van der Waals surface area contributed by atoms with Crippen LogP contribution in [0.1, 0.15) is 0 Å². The molecular weight excluding hydrogens is 338 g/mol. The zero-order chi connectivity index (χ0) is 18.8. The van der Waals surface area contributed by atoms with Crippen molar-refractivity contribution in [2.45, 2.75) is 12.6 Å². The van der Waals surface area contributed by atoms with E-state index in [1.54, 1.807) is 4.90 Å². The molecule has 1 aliphatic rings. The van der Waals surface area contributed by atoms with Crippen LogP contribution in [0.4, 0.5) is 0 Å². The van der Waals surface area contributed by atoms with Crippen LogP contribution >= 0.6 is 0 Å². The minimum Gasteiger partial charge on any atom is -0.348 e. The normalized spacial score (nSPS) is 14.0. The van der Waals surface area contributed by atoms with Crippen molar-refractivity contribution in [2.24, 2.45) is 0 Å². The largest absolute Gasteiger partial charge is 0.348 e. The van der Waals surface area contributed by atoms with Gasteiger partial charge in [0.1, 0.15) is 6.54 Å². The third kappa shape index (κ3) is 3.36. The molecule has 0 aliphatic carbocycles. The Morgan fingerprint density at radius 3 is 2.52 bits per heavy atom. The van der Waals surface area contributed by atoms with Crippen LogP contribution in [0.25, 0.3) is 22.2 Å². The topological polar surface area (TPSA) is 54.3 Å². The highest BCUT2D eigenvalue weighted by atomic mass is 16.2. The average molecular weight is 359 g/mol. The van der Waals surface area contributed by atoms with Gasteiger partial charge in [-0.05, 0) is 23.8 Å². The quantitative estimate of drug-likeness (QED) is 0.712. The van der Waals surface area contributed by atoms with Gasteiger partial charge in [0, 0.05) is 29.7 Å². The summed E-state index contributed by atoms with van der Waals surface area (Å²) in [5, 5.41) is 4.13. The molecular formula is C22H21N3O2. The number of hydrogen-bond acceptors (Lipinski definition) is 2. The fourth-order valence-electron chi connectivity index (χ4n) is 3.52. The molecule has 1 N–H and O–H groups in total. The van der Waals surface area contributed by atoms with Crippen molar-refractivity contribution in [1.82, 2.24) is 14.8 Å². The van der Waals surface area contributed by atoms with Gasteiger partial charge in [-0.15, -0.1) is 0 Å². The minimum atomic E-state index is -0.0942. The Morgan fingerprint density at radius 1 is 1.07 bits per heavy atom. The van der Waals surface area contributed by atoms with Crippen LogP contribution in [-0.4, -0.2) is 40.4 Å². The van der Waals surface area contributed by atoms with Gasteiger partial charge in [-0.3, -0.25) is 9.59 Å². The Hall–Kier alpha value is -3.34. The van der Waals surface area contributed by atoms with Crippen molar-refractivity contribution in [2.75, 3.05) is 13.1 Å². The number of aromatic nitrogens is 1. The molecule has 27 heavy (non-hydrogen) atoms. The van der Waals surface area contributed by atoms with E-state index in [1.165, 1.54) is 6.08 Å². The second-order valence-corrected chi connectivity index (χ2v) is 6.75. The Balaban J connectivity index is 1.54. The number of nitrogens with zero attached hydrogens (tertiary/aromatic N) is 2. The smallest absolute Gasteiger partial charge is 0.246 e. The summed E-state index contributed by atoms with van der Waals surface area (Å²) < 4.78 is 2.05. The molecule has 0 saturated carbocycles. The number of carbonyl (C=O) groups excluding carboxylic acids is 2. The molecule has 2 heterocycles. The Morgan fingerprint density at radius 2 is 1.78 bits per heavy atom. The summed E-state index contributed by atoms with van der Waals surface area (Å²) in [5.41, 5.74) is 3.13. The lowest BCUT2D eigenvalue weighted by atomic mass is 10.1. The number of para-hydroxylation sites is 1. The summed E-state index contributed by atoms with van der Waals surface area (Å²) in [6, 6.07) is 20.3. The summed E-state index contributed by atoms with van der Waals surface area (Å²) in [6.45, 7) is 4.80. The molecule has 3 aromatic rings. The van der Waals surface area contributed by atoms with E-state index in [9.17, 15) is 9.59 Å². The van der Waals surface area contributed by atoms with Gasteiger partial charge in [0.2, 0.25) is 11.8 Å². The lowest BCUT2D eigenvalue weighted by Crippen LogP contribution is -2.61. The SMILES string of the molecule is C=CC(=O)N1CC(NC(=O)Cn2c(-c3ccccc3)cc3ccccc32)C1. The fraction of sp³-hybridized carbons (Fsp3) is 0.182. The van der Waals surface area contributed by atoms with Gasteiger partial charge in [0.05, 0.1) is 6.04 Å². The van der Waals surface area contributed by atoms with Crippen molar-refractivity contribution in [1.29, 1.82) is 0 Å². The van der Waals surface area contributed by atoms with E-state index < -0.39 is 0 Å². The lowest BCUT2D eigenvalue weighted by Gasteiger charge is -2.38. The van der Waals surface area contributed by atoms with Crippen molar-refractivity contribution in [3.05, 3.63) is 73.3 Å². The first-order valence-corrected chi connectivity index (χ1v) is 9.00. The molecule has 0 unspecified atom stereocenters. The van der Waals surface area contributed by atoms with Gasteiger partial charge >= 0.3 is 0 Å². The molecule has 5 nitrogen and oxygen atoms in total. The summed E-state index contributed by atoms with van der Waals surface area (Å²) in [4.78, 5) is 25.8. The number of hydrogen-bond donors (Lipinski definition) is 1. The first-order valence-electron chi connectivity index (χ1n) is 9.00. The maximum Gasteiger partial charge on any atom is 0.246 e. The summed E-state index contributed by atoms with van der Waals surface area (Å²) >= 11 is 0. The summed E-state index contributed by atoms with van der Waals surface area (Å²) in [6.07, 6.45) is 1.30. The van der Waals surface area contributed by atoms with E-state index in [2.05, 4.69) is 24.0 Å². The van der Waals surface area contributed by atoms with Gasteiger partial charge in [-0.25, -0.2) is 0 Å². The van der Waals surface area contributed by atoms with Gasteiger partial charge in [-0.2, -0.15) is 0 Å². The van der Waals surface area contributed by atoms with Gasteiger partial charge < -0.3 is 14.8 Å². The summed E-state index contributed by atoms with van der Waals surface area (Å²) in [7, 11) is 0. The van der Waals surface area contributed by atoms with Crippen molar-refractivity contribution < 1.29 is 9.59 Å². The van der Waals surface area contributed by atoms with E-state index in [0.29, 0.717) is 13.1 Å². The number of nitrogens with one attached hydrogen (secondary N) is 1. The molecule has 0 atom stereocenters. The average Bonchev–Trinajstić information content (AvgIpc) is 3.03. The number of rotatable bonds is 5. The van der Waals surface area contributed by atoms with Crippen LogP contribution in [0.5, 0.6) is 0 Å². The van der Waals surface area contributed by atoms with Crippen LogP contribution in [0.15, 0.2) is 73.3 Å². The van der Waals surface area contributed by atoms with Crippen molar-refractivity contribution in [3.8, 4) is 11.3 Å². The van der Waals surface area contributed by atoms with Gasteiger partial charge in [0.15, 0.2) is 0 Å². The molecule has 1 fully saturated rings. The molecule has 1 saturated heterocycles. The first kappa shape index (κ1) is 17.1. The van der Waals surface area contributed by atoms with E-state index in [-0.39, 0.29) is 24.4 Å². The highest BCUT2D eigenvalue weighted by Gasteiger charge is 2.30. The maximum atomic E-state index is 12.6.